The lowest BCUT2D eigenvalue weighted by atomic mass is 9.98. The normalized spacial score (nSPS) is 12.9. The molecule has 0 aliphatic rings. The van der Waals surface area contributed by atoms with Gasteiger partial charge >= 0.3 is 0 Å². The second-order valence-electron chi connectivity index (χ2n) is 3.71. The van der Waals surface area contributed by atoms with Crippen molar-refractivity contribution in [3.63, 3.8) is 0 Å². The minimum Gasteiger partial charge on any atom is -0.464 e. The maximum absolute atomic E-state index is 5.94. The Morgan fingerprint density at radius 2 is 2.27 bits per heavy atom. The molecule has 2 aromatic rings. The second-order valence-corrected chi connectivity index (χ2v) is 3.71. The lowest BCUT2D eigenvalue weighted by Gasteiger charge is -2.12. The zero-order valence-corrected chi connectivity index (χ0v) is 8.86. The van der Waals surface area contributed by atoms with Crippen molar-refractivity contribution >= 4 is 16.5 Å². The molecule has 1 atom stereocenters. The number of nitrogens with two attached hydrogens (primary N) is 1. The molecule has 0 amide bonds. The molecular weight excluding hydrogens is 186 g/mol. The summed E-state index contributed by atoms with van der Waals surface area (Å²) in [6, 6.07) is 8.03. The quantitative estimate of drug-likeness (QED) is 0.828. The van der Waals surface area contributed by atoms with Gasteiger partial charge in [0.1, 0.15) is 5.58 Å². The molecule has 1 aromatic carbocycles. The first-order valence-corrected chi connectivity index (χ1v) is 5.14. The first-order valence-electron chi connectivity index (χ1n) is 5.14. The Morgan fingerprint density at radius 3 is 3.00 bits per heavy atom. The van der Waals surface area contributed by atoms with E-state index in [0.717, 1.165) is 28.5 Å². The Kier molecular flexibility index (Phi) is 2.60. The maximum Gasteiger partial charge on any atom is 0.134 e. The fourth-order valence-electron chi connectivity index (χ4n) is 1.61. The molecule has 0 radical (unpaired) electrons. The molecule has 2 heteroatoms. The second kappa shape index (κ2) is 3.91. The molecule has 1 unspecified atom stereocenters. The summed E-state index contributed by atoms with van der Waals surface area (Å²) in [5.41, 5.74) is 8.85. The van der Waals surface area contributed by atoms with Gasteiger partial charge in [-0.05, 0) is 29.7 Å². The Labute approximate surface area is 89.4 Å². The third-order valence-electron chi connectivity index (χ3n) is 2.71. The van der Waals surface area contributed by atoms with E-state index >= 15 is 0 Å². The fraction of sp³-hybridized carbons (Fsp3) is 0.231. The molecular formula is C13H15NO. The van der Waals surface area contributed by atoms with Gasteiger partial charge in [0.25, 0.3) is 0 Å². The van der Waals surface area contributed by atoms with Crippen LogP contribution in [0, 0.1) is 0 Å². The van der Waals surface area contributed by atoms with E-state index in [4.69, 9.17) is 10.2 Å². The summed E-state index contributed by atoms with van der Waals surface area (Å²) in [7, 11) is 0. The first-order chi connectivity index (χ1) is 7.22. The van der Waals surface area contributed by atoms with Gasteiger partial charge in [0.05, 0.1) is 6.26 Å². The van der Waals surface area contributed by atoms with Gasteiger partial charge in [-0.1, -0.05) is 25.6 Å². The summed E-state index contributed by atoms with van der Waals surface area (Å²) in [6.07, 6.45) is 2.59. The van der Waals surface area contributed by atoms with Crippen LogP contribution in [-0.2, 0) is 0 Å². The van der Waals surface area contributed by atoms with E-state index in [1.165, 1.54) is 0 Å². The molecule has 0 aliphatic heterocycles. The molecule has 2 N–H and O–H groups in total. The van der Waals surface area contributed by atoms with E-state index in [1.807, 2.05) is 24.3 Å². The van der Waals surface area contributed by atoms with Gasteiger partial charge in [-0.3, -0.25) is 0 Å². The fourth-order valence-corrected chi connectivity index (χ4v) is 1.61. The Hall–Kier alpha value is -1.54. The van der Waals surface area contributed by atoms with Crippen LogP contribution in [0.15, 0.2) is 41.5 Å². The number of benzene rings is 1. The highest BCUT2D eigenvalue weighted by molar-refractivity contribution is 5.82. The van der Waals surface area contributed by atoms with Gasteiger partial charge in [-0.25, -0.2) is 0 Å². The van der Waals surface area contributed by atoms with Crippen LogP contribution in [0.5, 0.6) is 0 Å². The average Bonchev–Trinajstić information content (AvgIpc) is 2.73. The van der Waals surface area contributed by atoms with Crippen LogP contribution in [0.3, 0.4) is 0 Å². The molecule has 0 fully saturated rings. The molecule has 1 aromatic heterocycles. The summed E-state index contributed by atoms with van der Waals surface area (Å²) in [4.78, 5) is 0. The monoisotopic (exact) mass is 201 g/mol. The van der Waals surface area contributed by atoms with Crippen LogP contribution >= 0.6 is 0 Å². The van der Waals surface area contributed by atoms with E-state index in [2.05, 4.69) is 13.5 Å². The maximum atomic E-state index is 5.94. The van der Waals surface area contributed by atoms with E-state index < -0.39 is 0 Å². The average molecular weight is 201 g/mol. The SMILES string of the molecule is C=C(c1ccc2ccoc2c1)C(N)CC. The van der Waals surface area contributed by atoms with Crippen molar-refractivity contribution in [2.75, 3.05) is 0 Å². The lowest BCUT2D eigenvalue weighted by molar-refractivity contribution is 0.615. The predicted octanol–water partition coefficient (Wildman–Crippen LogP) is 3.18. The van der Waals surface area contributed by atoms with Gasteiger partial charge in [-0.15, -0.1) is 0 Å². The van der Waals surface area contributed by atoms with Crippen molar-refractivity contribution in [2.45, 2.75) is 19.4 Å². The molecule has 0 saturated carbocycles. The molecule has 78 valence electrons. The summed E-state index contributed by atoms with van der Waals surface area (Å²) < 4.78 is 5.34. The number of hydrogen-bond donors (Lipinski definition) is 1. The lowest BCUT2D eigenvalue weighted by Crippen LogP contribution is -2.19. The largest absolute Gasteiger partial charge is 0.464 e. The van der Waals surface area contributed by atoms with Crippen LogP contribution in [0.4, 0.5) is 0 Å². The van der Waals surface area contributed by atoms with Crippen LogP contribution in [0.2, 0.25) is 0 Å². The summed E-state index contributed by atoms with van der Waals surface area (Å²) >= 11 is 0. The molecule has 2 rings (SSSR count). The zero-order valence-electron chi connectivity index (χ0n) is 8.86. The summed E-state index contributed by atoms with van der Waals surface area (Å²) in [6.45, 7) is 6.08. The van der Waals surface area contributed by atoms with Crippen LogP contribution in [0.25, 0.3) is 16.5 Å². The first kappa shape index (κ1) is 9.99. The van der Waals surface area contributed by atoms with E-state index in [1.54, 1.807) is 6.26 Å². The molecule has 15 heavy (non-hydrogen) atoms. The summed E-state index contributed by atoms with van der Waals surface area (Å²) in [5, 5.41) is 1.11. The minimum absolute atomic E-state index is 0.0254. The molecule has 2 nitrogen and oxygen atoms in total. The van der Waals surface area contributed by atoms with Crippen molar-refractivity contribution < 1.29 is 4.42 Å². The van der Waals surface area contributed by atoms with E-state index in [0.29, 0.717) is 0 Å². The Bertz CT molecular complexity index is 484. The topological polar surface area (TPSA) is 39.2 Å². The minimum atomic E-state index is 0.0254. The third kappa shape index (κ3) is 1.81. The highest BCUT2D eigenvalue weighted by Crippen LogP contribution is 2.23. The Morgan fingerprint density at radius 1 is 1.47 bits per heavy atom. The molecule has 0 saturated heterocycles. The molecule has 1 heterocycles. The van der Waals surface area contributed by atoms with Crippen LogP contribution in [-0.4, -0.2) is 6.04 Å². The van der Waals surface area contributed by atoms with Crippen molar-refractivity contribution in [1.29, 1.82) is 0 Å². The van der Waals surface area contributed by atoms with E-state index in [-0.39, 0.29) is 6.04 Å². The van der Waals surface area contributed by atoms with Gasteiger partial charge in [0.2, 0.25) is 0 Å². The van der Waals surface area contributed by atoms with Crippen LogP contribution in [0.1, 0.15) is 18.9 Å². The van der Waals surface area contributed by atoms with Crippen molar-refractivity contribution in [1.82, 2.24) is 0 Å². The Balaban J connectivity index is 2.39. The number of furan rings is 1. The third-order valence-corrected chi connectivity index (χ3v) is 2.71. The van der Waals surface area contributed by atoms with Gasteiger partial charge in [0, 0.05) is 11.4 Å². The number of rotatable bonds is 3. The van der Waals surface area contributed by atoms with Crippen molar-refractivity contribution in [3.05, 3.63) is 42.7 Å². The number of hydrogen-bond acceptors (Lipinski definition) is 2. The van der Waals surface area contributed by atoms with E-state index in [9.17, 15) is 0 Å². The van der Waals surface area contributed by atoms with Gasteiger partial charge in [0.15, 0.2) is 0 Å². The molecule has 0 spiro atoms. The smallest absolute Gasteiger partial charge is 0.134 e. The van der Waals surface area contributed by atoms with Crippen molar-refractivity contribution in [3.8, 4) is 0 Å². The van der Waals surface area contributed by atoms with Gasteiger partial charge < -0.3 is 10.2 Å². The molecule has 0 aliphatic carbocycles. The zero-order chi connectivity index (χ0) is 10.8. The van der Waals surface area contributed by atoms with Crippen molar-refractivity contribution in [2.24, 2.45) is 5.73 Å². The van der Waals surface area contributed by atoms with Crippen LogP contribution < -0.4 is 5.73 Å². The summed E-state index contributed by atoms with van der Waals surface area (Å²) in [5.74, 6) is 0. The van der Waals surface area contributed by atoms with Gasteiger partial charge in [-0.2, -0.15) is 0 Å². The highest BCUT2D eigenvalue weighted by atomic mass is 16.3. The number of fused-ring (bicyclic) bond motifs is 1. The highest BCUT2D eigenvalue weighted by Gasteiger charge is 2.08. The molecule has 0 bridgehead atoms. The standard InChI is InChI=1S/C13H15NO/c1-3-12(14)9(2)11-5-4-10-6-7-15-13(10)8-11/h4-8,12H,2-3,14H2,1H3. The predicted molar refractivity (Wildman–Crippen MR) is 63.5 cm³/mol.